The van der Waals surface area contributed by atoms with Crippen LogP contribution >= 0.6 is 0 Å². The standard InChI is InChI=1S/C14H20O3/c1-5-17-14(16)8-13-9(2)6-7-12(10(13)3)11(4)15/h8,10,12H,2,5-7H2,1,3-4H3/b13-8+/t10-,12-/m1/s1. The summed E-state index contributed by atoms with van der Waals surface area (Å²) in [7, 11) is 0. The van der Waals surface area contributed by atoms with Crippen molar-refractivity contribution < 1.29 is 14.3 Å². The number of hydrogen-bond donors (Lipinski definition) is 0. The zero-order valence-electron chi connectivity index (χ0n) is 10.8. The van der Waals surface area contributed by atoms with Crippen LogP contribution in [0.25, 0.3) is 0 Å². The number of Topliss-reactive ketones (excluding diaryl/α,β-unsaturated/α-hetero) is 1. The summed E-state index contributed by atoms with van der Waals surface area (Å²) in [6.45, 7) is 9.68. The van der Waals surface area contributed by atoms with Gasteiger partial charge in [0, 0.05) is 12.0 Å². The number of esters is 1. The van der Waals surface area contributed by atoms with Crippen molar-refractivity contribution in [2.24, 2.45) is 11.8 Å². The van der Waals surface area contributed by atoms with E-state index in [1.807, 2.05) is 6.92 Å². The van der Waals surface area contributed by atoms with Crippen molar-refractivity contribution in [2.75, 3.05) is 6.61 Å². The highest BCUT2D eigenvalue weighted by molar-refractivity contribution is 5.85. The molecule has 0 unspecified atom stereocenters. The predicted octanol–water partition coefficient (Wildman–Crippen LogP) is 2.67. The van der Waals surface area contributed by atoms with Gasteiger partial charge in [-0.3, -0.25) is 4.79 Å². The summed E-state index contributed by atoms with van der Waals surface area (Å²) in [6.07, 6.45) is 3.10. The topological polar surface area (TPSA) is 43.4 Å². The van der Waals surface area contributed by atoms with Gasteiger partial charge in [-0.25, -0.2) is 4.79 Å². The van der Waals surface area contributed by atoms with Gasteiger partial charge in [-0.15, -0.1) is 0 Å². The molecule has 3 nitrogen and oxygen atoms in total. The molecule has 0 N–H and O–H groups in total. The maximum atomic E-state index is 11.5. The minimum absolute atomic E-state index is 0.00109. The Balaban J connectivity index is 2.90. The lowest BCUT2D eigenvalue weighted by molar-refractivity contribution is -0.137. The van der Waals surface area contributed by atoms with Gasteiger partial charge in [-0.05, 0) is 38.2 Å². The fraction of sp³-hybridized carbons (Fsp3) is 0.571. The van der Waals surface area contributed by atoms with E-state index in [0.717, 1.165) is 24.0 Å². The first-order chi connectivity index (χ1) is 7.97. The lowest BCUT2D eigenvalue weighted by Crippen LogP contribution is -2.26. The molecule has 1 rings (SSSR count). The van der Waals surface area contributed by atoms with Gasteiger partial charge >= 0.3 is 5.97 Å². The van der Waals surface area contributed by atoms with E-state index in [0.29, 0.717) is 6.61 Å². The summed E-state index contributed by atoms with van der Waals surface area (Å²) < 4.78 is 4.90. The van der Waals surface area contributed by atoms with Crippen molar-refractivity contribution in [3.63, 3.8) is 0 Å². The number of rotatable bonds is 3. The first-order valence-corrected chi connectivity index (χ1v) is 6.04. The van der Waals surface area contributed by atoms with E-state index in [4.69, 9.17) is 4.74 Å². The molecular formula is C14H20O3. The highest BCUT2D eigenvalue weighted by Crippen LogP contribution is 2.37. The Hall–Kier alpha value is -1.38. The van der Waals surface area contributed by atoms with Gasteiger partial charge in [0.15, 0.2) is 0 Å². The zero-order chi connectivity index (χ0) is 13.0. The van der Waals surface area contributed by atoms with Crippen molar-refractivity contribution in [2.45, 2.75) is 33.6 Å². The molecule has 2 atom stereocenters. The highest BCUT2D eigenvalue weighted by atomic mass is 16.5. The normalized spacial score (nSPS) is 27.0. The van der Waals surface area contributed by atoms with Crippen molar-refractivity contribution in [1.29, 1.82) is 0 Å². The highest BCUT2D eigenvalue weighted by Gasteiger charge is 2.30. The number of hydrogen-bond acceptors (Lipinski definition) is 3. The largest absolute Gasteiger partial charge is 0.463 e. The molecule has 0 aromatic heterocycles. The van der Waals surface area contributed by atoms with Crippen LogP contribution < -0.4 is 0 Å². The zero-order valence-corrected chi connectivity index (χ0v) is 10.8. The fourth-order valence-electron chi connectivity index (χ4n) is 2.36. The van der Waals surface area contributed by atoms with Crippen LogP contribution in [0, 0.1) is 11.8 Å². The molecule has 17 heavy (non-hydrogen) atoms. The SMILES string of the molecule is C=C1CC[C@@H](C(C)=O)[C@@H](C)/C1=C/C(=O)OCC. The van der Waals surface area contributed by atoms with E-state index in [1.54, 1.807) is 13.8 Å². The second-order valence-electron chi connectivity index (χ2n) is 4.50. The Morgan fingerprint density at radius 3 is 2.71 bits per heavy atom. The third kappa shape index (κ3) is 3.29. The van der Waals surface area contributed by atoms with Gasteiger partial charge in [-0.2, -0.15) is 0 Å². The van der Waals surface area contributed by atoms with Gasteiger partial charge in [0.2, 0.25) is 0 Å². The maximum Gasteiger partial charge on any atom is 0.331 e. The van der Waals surface area contributed by atoms with Crippen molar-refractivity contribution in [3.8, 4) is 0 Å². The number of carbonyl (C=O) groups excluding carboxylic acids is 2. The molecule has 0 aromatic rings. The Bertz CT molecular complexity index is 366. The van der Waals surface area contributed by atoms with Crippen molar-refractivity contribution in [3.05, 3.63) is 23.8 Å². The van der Waals surface area contributed by atoms with Gasteiger partial charge in [0.25, 0.3) is 0 Å². The molecule has 0 amide bonds. The Morgan fingerprint density at radius 2 is 2.18 bits per heavy atom. The molecule has 0 aromatic carbocycles. The predicted molar refractivity (Wildman–Crippen MR) is 66.4 cm³/mol. The third-order valence-corrected chi connectivity index (χ3v) is 3.34. The molecule has 0 heterocycles. The molecule has 0 bridgehead atoms. The number of allylic oxidation sites excluding steroid dienone is 2. The number of ether oxygens (including phenoxy) is 1. The molecule has 0 aliphatic heterocycles. The molecule has 0 spiro atoms. The first kappa shape index (κ1) is 13.7. The smallest absolute Gasteiger partial charge is 0.331 e. The molecular weight excluding hydrogens is 216 g/mol. The lowest BCUT2D eigenvalue weighted by atomic mass is 9.73. The van der Waals surface area contributed by atoms with E-state index < -0.39 is 0 Å². The van der Waals surface area contributed by atoms with Crippen LogP contribution in [-0.2, 0) is 14.3 Å². The number of carbonyl (C=O) groups is 2. The van der Waals surface area contributed by atoms with E-state index in [2.05, 4.69) is 6.58 Å². The molecule has 0 saturated heterocycles. The summed E-state index contributed by atoms with van der Waals surface area (Å²) in [6, 6.07) is 0. The minimum Gasteiger partial charge on any atom is -0.463 e. The molecule has 0 radical (unpaired) electrons. The van der Waals surface area contributed by atoms with E-state index in [9.17, 15) is 9.59 Å². The van der Waals surface area contributed by atoms with Crippen molar-refractivity contribution >= 4 is 11.8 Å². The Morgan fingerprint density at radius 1 is 1.53 bits per heavy atom. The minimum atomic E-state index is -0.347. The average Bonchev–Trinajstić information content (AvgIpc) is 2.24. The van der Waals surface area contributed by atoms with Gasteiger partial charge in [0.05, 0.1) is 6.61 Å². The summed E-state index contributed by atoms with van der Waals surface area (Å²) in [4.78, 5) is 23.0. The van der Waals surface area contributed by atoms with Gasteiger partial charge < -0.3 is 4.74 Å². The van der Waals surface area contributed by atoms with Crippen molar-refractivity contribution in [1.82, 2.24) is 0 Å². The second kappa shape index (κ2) is 5.80. The van der Waals surface area contributed by atoms with E-state index >= 15 is 0 Å². The summed E-state index contributed by atoms with van der Waals surface area (Å²) in [5.41, 5.74) is 1.82. The monoisotopic (exact) mass is 236 g/mol. The molecule has 94 valence electrons. The Labute approximate surface area is 103 Å². The van der Waals surface area contributed by atoms with Crippen LogP contribution in [-0.4, -0.2) is 18.4 Å². The average molecular weight is 236 g/mol. The molecule has 1 fully saturated rings. The number of ketones is 1. The molecule has 1 aliphatic rings. The van der Waals surface area contributed by atoms with E-state index in [-0.39, 0.29) is 23.6 Å². The first-order valence-electron chi connectivity index (χ1n) is 6.04. The fourth-order valence-corrected chi connectivity index (χ4v) is 2.36. The molecule has 1 saturated carbocycles. The van der Waals surface area contributed by atoms with Crippen LogP contribution in [0.5, 0.6) is 0 Å². The van der Waals surface area contributed by atoms with E-state index in [1.165, 1.54) is 6.08 Å². The molecule has 1 aliphatic carbocycles. The van der Waals surface area contributed by atoms with Gasteiger partial charge in [0.1, 0.15) is 5.78 Å². The van der Waals surface area contributed by atoms with Gasteiger partial charge in [-0.1, -0.05) is 19.1 Å². The summed E-state index contributed by atoms with van der Waals surface area (Å²) >= 11 is 0. The maximum absolute atomic E-state index is 11.5. The quantitative estimate of drug-likeness (QED) is 0.559. The molecule has 3 heteroatoms. The Kier molecular flexibility index (Phi) is 4.67. The third-order valence-electron chi connectivity index (χ3n) is 3.34. The lowest BCUT2D eigenvalue weighted by Gasteiger charge is -2.31. The second-order valence-corrected chi connectivity index (χ2v) is 4.50. The van der Waals surface area contributed by atoms with Crippen LogP contribution in [0.2, 0.25) is 0 Å². The van der Waals surface area contributed by atoms with Crippen LogP contribution in [0.15, 0.2) is 23.8 Å². The van der Waals surface area contributed by atoms with Crippen LogP contribution in [0.3, 0.4) is 0 Å². The van der Waals surface area contributed by atoms with Crippen LogP contribution in [0.1, 0.15) is 33.6 Å². The van der Waals surface area contributed by atoms with Crippen LogP contribution in [0.4, 0.5) is 0 Å². The summed E-state index contributed by atoms with van der Waals surface area (Å²) in [5.74, 6) is -0.112. The summed E-state index contributed by atoms with van der Waals surface area (Å²) in [5, 5.41) is 0.